The van der Waals surface area contributed by atoms with Crippen LogP contribution in [0.4, 0.5) is 5.69 Å². The van der Waals surface area contributed by atoms with Crippen LogP contribution >= 0.6 is 0 Å². The summed E-state index contributed by atoms with van der Waals surface area (Å²) in [4.78, 5) is 26.5. The number of benzene rings is 1. The number of amides is 2. The van der Waals surface area contributed by atoms with Crippen LogP contribution in [0.5, 0.6) is 0 Å². The molecule has 2 amide bonds. The average molecular weight is 324 g/mol. The second kappa shape index (κ2) is 6.70. The highest BCUT2D eigenvalue weighted by Crippen LogP contribution is 2.24. The number of rotatable bonds is 4. The molecule has 2 aromatic rings. The maximum Gasteiger partial charge on any atom is 0.247 e. The first-order chi connectivity index (χ1) is 11.6. The highest BCUT2D eigenvalue weighted by atomic mass is 16.2. The summed E-state index contributed by atoms with van der Waals surface area (Å²) < 4.78 is 1.73. The molecule has 124 valence electrons. The molecule has 2 heterocycles. The summed E-state index contributed by atoms with van der Waals surface area (Å²) in [6.07, 6.45) is 5.12. The van der Waals surface area contributed by atoms with Crippen molar-refractivity contribution in [3.05, 3.63) is 60.4 Å². The summed E-state index contributed by atoms with van der Waals surface area (Å²) >= 11 is 0. The van der Waals surface area contributed by atoms with Gasteiger partial charge < -0.3 is 10.2 Å². The number of hydrogen-bond acceptors (Lipinski definition) is 3. The predicted octanol–water partition coefficient (Wildman–Crippen LogP) is 1.98. The van der Waals surface area contributed by atoms with Crippen LogP contribution in [0.1, 0.15) is 18.1 Å². The Kier molecular flexibility index (Phi) is 4.46. The average Bonchev–Trinajstić information content (AvgIpc) is 3.07. The van der Waals surface area contributed by atoms with E-state index in [1.54, 1.807) is 22.0 Å². The van der Waals surface area contributed by atoms with Crippen molar-refractivity contribution in [3.63, 3.8) is 0 Å². The van der Waals surface area contributed by atoms with Crippen molar-refractivity contribution >= 4 is 17.5 Å². The predicted molar refractivity (Wildman–Crippen MR) is 91.2 cm³/mol. The van der Waals surface area contributed by atoms with Crippen LogP contribution in [0.2, 0.25) is 0 Å². The van der Waals surface area contributed by atoms with Crippen molar-refractivity contribution in [2.45, 2.75) is 32.5 Å². The first kappa shape index (κ1) is 16.0. The molecule has 3 rings (SSSR count). The molecule has 1 atom stereocenters. The summed E-state index contributed by atoms with van der Waals surface area (Å²) in [6, 6.07) is 7.31. The van der Waals surface area contributed by atoms with E-state index in [9.17, 15) is 9.59 Å². The molecule has 0 unspecified atom stereocenters. The Morgan fingerprint density at radius 2 is 2.12 bits per heavy atom. The number of aryl methyl sites for hydroxylation is 1. The Bertz CT molecular complexity index is 781. The normalized spacial score (nSPS) is 16.4. The van der Waals surface area contributed by atoms with Crippen molar-refractivity contribution in [3.8, 4) is 0 Å². The Morgan fingerprint density at radius 3 is 2.79 bits per heavy atom. The van der Waals surface area contributed by atoms with Crippen molar-refractivity contribution in [1.82, 2.24) is 14.7 Å². The van der Waals surface area contributed by atoms with Gasteiger partial charge in [-0.15, -0.1) is 0 Å². The molecule has 0 aliphatic carbocycles. The van der Waals surface area contributed by atoms with Gasteiger partial charge in [0.25, 0.3) is 0 Å². The highest BCUT2D eigenvalue weighted by Gasteiger charge is 2.33. The molecule has 1 N–H and O–H groups in total. The zero-order valence-electron chi connectivity index (χ0n) is 13.6. The van der Waals surface area contributed by atoms with Gasteiger partial charge in [0.05, 0.1) is 11.9 Å². The molecule has 1 aromatic carbocycles. The lowest BCUT2D eigenvalue weighted by molar-refractivity contribution is -0.136. The van der Waals surface area contributed by atoms with Crippen molar-refractivity contribution in [2.75, 3.05) is 5.32 Å². The molecule has 24 heavy (non-hydrogen) atoms. The van der Waals surface area contributed by atoms with E-state index in [1.165, 1.54) is 6.08 Å². The van der Waals surface area contributed by atoms with Gasteiger partial charge in [0, 0.05) is 25.7 Å². The highest BCUT2D eigenvalue weighted by molar-refractivity contribution is 5.99. The topological polar surface area (TPSA) is 67.2 Å². The van der Waals surface area contributed by atoms with E-state index in [0.717, 1.165) is 17.7 Å². The number of anilines is 1. The molecular formula is C18H20N4O2. The van der Waals surface area contributed by atoms with Crippen molar-refractivity contribution in [1.29, 1.82) is 0 Å². The van der Waals surface area contributed by atoms with Crippen LogP contribution in [-0.4, -0.2) is 32.5 Å². The van der Waals surface area contributed by atoms with E-state index in [4.69, 9.17) is 0 Å². The summed E-state index contributed by atoms with van der Waals surface area (Å²) in [5, 5.41) is 7.00. The van der Waals surface area contributed by atoms with Gasteiger partial charge in [-0.05, 0) is 24.1 Å². The fourth-order valence-corrected chi connectivity index (χ4v) is 2.93. The second-order valence-electron chi connectivity index (χ2n) is 5.73. The van der Waals surface area contributed by atoms with Crippen molar-refractivity contribution in [2.24, 2.45) is 0 Å². The summed E-state index contributed by atoms with van der Waals surface area (Å²) in [5.41, 5.74) is 2.79. The monoisotopic (exact) mass is 324 g/mol. The molecule has 0 fully saturated rings. The van der Waals surface area contributed by atoms with Gasteiger partial charge in [-0.1, -0.05) is 30.8 Å². The zero-order valence-corrected chi connectivity index (χ0v) is 13.6. The first-order valence-electron chi connectivity index (χ1n) is 7.95. The van der Waals surface area contributed by atoms with Gasteiger partial charge in [-0.25, -0.2) is 0 Å². The third-order valence-corrected chi connectivity index (χ3v) is 4.23. The molecule has 6 nitrogen and oxygen atoms in total. The van der Waals surface area contributed by atoms with E-state index in [1.807, 2.05) is 31.2 Å². The number of carbonyl (C=O) groups is 2. The molecule has 0 radical (unpaired) electrons. The number of aromatic nitrogens is 2. The summed E-state index contributed by atoms with van der Waals surface area (Å²) in [7, 11) is 0. The lowest BCUT2D eigenvalue weighted by Gasteiger charge is -2.35. The Morgan fingerprint density at radius 1 is 1.38 bits per heavy atom. The smallest absolute Gasteiger partial charge is 0.247 e. The summed E-state index contributed by atoms with van der Waals surface area (Å²) in [6.45, 7) is 6.66. The second-order valence-corrected chi connectivity index (χ2v) is 5.73. The lowest BCUT2D eigenvalue weighted by Crippen LogP contribution is -2.50. The number of carbonyl (C=O) groups excluding carboxylic acids is 2. The molecular weight excluding hydrogens is 304 g/mol. The van der Waals surface area contributed by atoms with E-state index in [-0.39, 0.29) is 11.8 Å². The van der Waals surface area contributed by atoms with Crippen LogP contribution in [0.15, 0.2) is 49.3 Å². The van der Waals surface area contributed by atoms with Gasteiger partial charge in [0.1, 0.15) is 6.04 Å². The molecule has 6 heteroatoms. The Balaban J connectivity index is 1.84. The van der Waals surface area contributed by atoms with Crippen LogP contribution in [0.3, 0.4) is 0 Å². The van der Waals surface area contributed by atoms with Crippen LogP contribution in [0, 0.1) is 0 Å². The molecule has 0 bridgehead atoms. The Labute approximate surface area is 140 Å². The van der Waals surface area contributed by atoms with Crippen LogP contribution in [-0.2, 0) is 29.1 Å². The number of fused-ring (bicyclic) bond motifs is 1. The van der Waals surface area contributed by atoms with E-state index in [2.05, 4.69) is 17.0 Å². The third kappa shape index (κ3) is 3.08. The minimum atomic E-state index is -0.560. The fraction of sp³-hybridized carbons (Fsp3) is 0.278. The SMILES string of the molecule is C=CC(=O)N1Cc2ccccc2C[C@H]1C(=O)Nc1cnn(CC)c1. The Hall–Kier alpha value is -2.89. The van der Waals surface area contributed by atoms with E-state index in [0.29, 0.717) is 18.7 Å². The van der Waals surface area contributed by atoms with Crippen LogP contribution < -0.4 is 5.32 Å². The number of nitrogens with one attached hydrogen (secondary N) is 1. The maximum absolute atomic E-state index is 12.7. The first-order valence-corrected chi connectivity index (χ1v) is 7.95. The molecule has 0 saturated heterocycles. The largest absolute Gasteiger partial charge is 0.322 e. The van der Waals surface area contributed by atoms with Gasteiger partial charge in [-0.2, -0.15) is 5.10 Å². The molecule has 0 saturated carbocycles. The van der Waals surface area contributed by atoms with Gasteiger partial charge in [-0.3, -0.25) is 14.3 Å². The van der Waals surface area contributed by atoms with Crippen molar-refractivity contribution < 1.29 is 9.59 Å². The fourth-order valence-electron chi connectivity index (χ4n) is 2.93. The lowest BCUT2D eigenvalue weighted by atomic mass is 9.93. The molecule has 1 aliphatic heterocycles. The van der Waals surface area contributed by atoms with Gasteiger partial charge >= 0.3 is 0 Å². The minimum absolute atomic E-state index is 0.213. The van der Waals surface area contributed by atoms with Gasteiger partial charge in [0.2, 0.25) is 11.8 Å². The minimum Gasteiger partial charge on any atom is -0.322 e. The quantitative estimate of drug-likeness (QED) is 0.875. The molecule has 1 aromatic heterocycles. The third-order valence-electron chi connectivity index (χ3n) is 4.23. The van der Waals surface area contributed by atoms with E-state index >= 15 is 0 Å². The standard InChI is InChI=1S/C18H20N4O2/c1-3-17(23)22-11-14-8-6-5-7-13(14)9-16(22)18(24)20-15-10-19-21(4-2)12-15/h3,5-8,10,12,16H,1,4,9,11H2,2H3,(H,20,24)/t16-/m0/s1. The molecule has 1 aliphatic rings. The van der Waals surface area contributed by atoms with Gasteiger partial charge in [0.15, 0.2) is 0 Å². The molecule has 0 spiro atoms. The maximum atomic E-state index is 12.7. The van der Waals surface area contributed by atoms with Crippen LogP contribution in [0.25, 0.3) is 0 Å². The summed E-state index contributed by atoms with van der Waals surface area (Å²) in [5.74, 6) is -0.454. The zero-order chi connectivity index (χ0) is 17.1. The number of nitrogens with zero attached hydrogens (tertiary/aromatic N) is 3. The van der Waals surface area contributed by atoms with E-state index < -0.39 is 6.04 Å². The number of hydrogen-bond donors (Lipinski definition) is 1.